The highest BCUT2D eigenvalue weighted by molar-refractivity contribution is 6.93. The molecule has 0 bridgehead atoms. The average Bonchev–Trinajstić information content (AvgIpc) is 3.33. The van der Waals surface area contributed by atoms with Crippen LogP contribution in [0.1, 0.15) is 90.1 Å². The Hall–Kier alpha value is -7.30. The van der Waals surface area contributed by atoms with E-state index in [1.807, 2.05) is 0 Å². The van der Waals surface area contributed by atoms with Crippen molar-refractivity contribution in [2.45, 2.75) is 92.4 Å². The van der Waals surface area contributed by atoms with Crippen LogP contribution in [0.15, 0.2) is 188 Å². The molecule has 0 amide bonds. The van der Waals surface area contributed by atoms with E-state index >= 15 is 0 Å². The lowest BCUT2D eigenvalue weighted by Gasteiger charge is -2.46. The average molecular weight is 910 g/mol. The standard InChI is InChI=1S/C66H64BN3/c1-43-37-57-56-40-46-19-15-16-20-47(46)41-61(56)70(54-32-26-51(27-33-54)66(9,10)11)67-58-42-55(68(52-28-22-49(23-29-52)64(3,4)5)53-30-24-50(25-31-53)65(6,7)8)34-36-60(58)69(62(38-43)63(57)67)59-35-21-48(39-44(59)2)45-17-13-12-14-18-45/h12-42H,1-11H3. The smallest absolute Gasteiger partial charge is 0.333 e. The molecule has 0 saturated heterocycles. The minimum Gasteiger partial charge on any atom is -0.376 e. The summed E-state index contributed by atoms with van der Waals surface area (Å²) in [4.78, 5) is 7.68. The Labute approximate surface area is 417 Å². The van der Waals surface area contributed by atoms with E-state index in [1.165, 1.54) is 100 Å². The zero-order valence-corrected chi connectivity index (χ0v) is 42.8. The zero-order valence-electron chi connectivity index (χ0n) is 42.8. The number of rotatable bonds is 6. The molecule has 9 aromatic carbocycles. The van der Waals surface area contributed by atoms with E-state index in [4.69, 9.17) is 0 Å². The van der Waals surface area contributed by atoms with Gasteiger partial charge in [0.1, 0.15) is 0 Å². The Morgan fingerprint density at radius 2 is 0.929 bits per heavy atom. The number of fused-ring (bicyclic) bond motifs is 5. The summed E-state index contributed by atoms with van der Waals surface area (Å²) in [6.45, 7) is 25.0. The SMILES string of the molecule is Cc1cc2c3c(c1)N(c1ccc(-c4ccccc4)cc1C)c1ccc(N(c4ccc(C(C)(C)C)cc4)c4ccc(C(C)(C)C)cc4)cc1B3N(c1ccc(C(C)(C)C)cc1)c1cc3ccccc3cc1-2. The van der Waals surface area contributed by atoms with Crippen molar-refractivity contribution in [3.63, 3.8) is 0 Å². The third kappa shape index (κ3) is 7.88. The third-order valence-corrected chi connectivity index (χ3v) is 14.8. The summed E-state index contributed by atoms with van der Waals surface area (Å²) < 4.78 is 0. The van der Waals surface area contributed by atoms with Gasteiger partial charge in [-0.05, 0) is 181 Å². The van der Waals surface area contributed by atoms with Gasteiger partial charge in [0, 0.05) is 51.1 Å². The van der Waals surface area contributed by atoms with E-state index in [9.17, 15) is 0 Å². The van der Waals surface area contributed by atoms with Crippen LogP contribution in [-0.4, -0.2) is 6.85 Å². The van der Waals surface area contributed by atoms with Crippen LogP contribution in [0.2, 0.25) is 0 Å². The first-order chi connectivity index (χ1) is 33.4. The first-order valence-electron chi connectivity index (χ1n) is 25.1. The van der Waals surface area contributed by atoms with Crippen LogP contribution in [0.25, 0.3) is 33.0 Å². The fraction of sp³-hybridized carbons (Fsp3) is 0.212. The molecule has 0 aliphatic carbocycles. The monoisotopic (exact) mass is 910 g/mol. The van der Waals surface area contributed by atoms with Crippen LogP contribution < -0.4 is 25.5 Å². The predicted molar refractivity (Wildman–Crippen MR) is 303 cm³/mol. The highest BCUT2D eigenvalue weighted by Crippen LogP contribution is 2.50. The predicted octanol–water partition coefficient (Wildman–Crippen LogP) is 17.2. The Bertz CT molecular complexity index is 3380. The first kappa shape index (κ1) is 45.2. The Balaban J connectivity index is 1.21. The lowest BCUT2D eigenvalue weighted by atomic mass is 9.43. The summed E-state index contributed by atoms with van der Waals surface area (Å²) in [5, 5.41) is 2.48. The number of hydrogen-bond acceptors (Lipinski definition) is 3. The minimum atomic E-state index is -0.150. The number of hydrogen-bond donors (Lipinski definition) is 0. The van der Waals surface area contributed by atoms with E-state index in [2.05, 4.69) is 279 Å². The summed E-state index contributed by atoms with van der Waals surface area (Å²) >= 11 is 0. The van der Waals surface area contributed by atoms with E-state index in [-0.39, 0.29) is 23.1 Å². The van der Waals surface area contributed by atoms with Gasteiger partial charge in [-0.15, -0.1) is 0 Å². The fourth-order valence-corrected chi connectivity index (χ4v) is 11.0. The molecule has 70 heavy (non-hydrogen) atoms. The van der Waals surface area contributed by atoms with Crippen LogP contribution >= 0.6 is 0 Å². The molecule has 4 heteroatoms. The second-order valence-corrected chi connectivity index (χ2v) is 22.9. The molecule has 0 aromatic heterocycles. The van der Waals surface area contributed by atoms with Crippen LogP contribution in [-0.2, 0) is 16.2 Å². The molecular weight excluding hydrogens is 846 g/mol. The molecule has 0 radical (unpaired) electrons. The molecule has 11 rings (SSSR count). The molecule has 2 heterocycles. The molecule has 0 unspecified atom stereocenters. The largest absolute Gasteiger partial charge is 0.376 e. The van der Waals surface area contributed by atoms with E-state index in [1.54, 1.807) is 0 Å². The molecular formula is C66H64BN3. The fourth-order valence-electron chi connectivity index (χ4n) is 11.0. The van der Waals surface area contributed by atoms with Gasteiger partial charge < -0.3 is 14.6 Å². The van der Waals surface area contributed by atoms with Crippen LogP contribution in [0.4, 0.5) is 45.5 Å². The van der Waals surface area contributed by atoms with Gasteiger partial charge in [0.2, 0.25) is 0 Å². The molecule has 2 aliphatic rings. The second-order valence-electron chi connectivity index (χ2n) is 22.9. The maximum absolute atomic E-state index is 2.65. The lowest BCUT2D eigenvalue weighted by Crippen LogP contribution is -2.61. The summed E-state index contributed by atoms with van der Waals surface area (Å²) in [7, 11) is 0. The zero-order chi connectivity index (χ0) is 48.9. The molecule has 9 aromatic rings. The Morgan fingerprint density at radius 3 is 1.50 bits per heavy atom. The molecule has 0 spiro atoms. The van der Waals surface area contributed by atoms with Crippen molar-refractivity contribution < 1.29 is 0 Å². The molecule has 2 aliphatic heterocycles. The highest BCUT2D eigenvalue weighted by Gasteiger charge is 2.46. The van der Waals surface area contributed by atoms with Crippen molar-refractivity contribution in [3.05, 3.63) is 216 Å². The van der Waals surface area contributed by atoms with E-state index in [0.717, 1.165) is 17.1 Å². The van der Waals surface area contributed by atoms with Crippen molar-refractivity contribution in [2.24, 2.45) is 0 Å². The number of aryl methyl sites for hydroxylation is 2. The van der Waals surface area contributed by atoms with Crippen molar-refractivity contribution in [3.8, 4) is 22.3 Å². The molecule has 0 fully saturated rings. The van der Waals surface area contributed by atoms with Crippen LogP contribution in [0.5, 0.6) is 0 Å². The molecule has 0 saturated carbocycles. The maximum atomic E-state index is 2.65. The van der Waals surface area contributed by atoms with Gasteiger partial charge in [0.15, 0.2) is 0 Å². The highest BCUT2D eigenvalue weighted by atomic mass is 15.2. The van der Waals surface area contributed by atoms with Gasteiger partial charge in [-0.25, -0.2) is 0 Å². The van der Waals surface area contributed by atoms with Crippen LogP contribution in [0.3, 0.4) is 0 Å². The first-order valence-corrected chi connectivity index (χ1v) is 25.1. The quantitative estimate of drug-likeness (QED) is 0.154. The summed E-state index contributed by atoms with van der Waals surface area (Å²) in [6.07, 6.45) is 0. The number of nitrogens with zero attached hydrogens (tertiary/aromatic N) is 3. The number of benzene rings is 9. The Morgan fingerprint density at radius 1 is 0.400 bits per heavy atom. The van der Waals surface area contributed by atoms with Crippen molar-refractivity contribution in [2.75, 3.05) is 14.6 Å². The topological polar surface area (TPSA) is 9.72 Å². The molecule has 0 atom stereocenters. The van der Waals surface area contributed by atoms with E-state index in [0.29, 0.717) is 0 Å². The lowest BCUT2D eigenvalue weighted by molar-refractivity contribution is 0.590. The van der Waals surface area contributed by atoms with Gasteiger partial charge >= 0.3 is 6.85 Å². The van der Waals surface area contributed by atoms with Gasteiger partial charge in [-0.2, -0.15) is 0 Å². The molecule has 346 valence electrons. The maximum Gasteiger partial charge on any atom is 0.333 e. The third-order valence-electron chi connectivity index (χ3n) is 14.8. The van der Waals surface area contributed by atoms with Gasteiger partial charge in [0.25, 0.3) is 0 Å². The van der Waals surface area contributed by atoms with Gasteiger partial charge in [-0.3, -0.25) is 0 Å². The molecule has 3 nitrogen and oxygen atoms in total. The normalized spacial score (nSPS) is 13.3. The summed E-state index contributed by atoms with van der Waals surface area (Å²) in [5.74, 6) is 0. The summed E-state index contributed by atoms with van der Waals surface area (Å²) in [6, 6.07) is 71.5. The van der Waals surface area contributed by atoms with Crippen LogP contribution in [0, 0.1) is 13.8 Å². The van der Waals surface area contributed by atoms with Crippen molar-refractivity contribution >= 4 is 74.0 Å². The van der Waals surface area contributed by atoms with Crippen molar-refractivity contribution in [1.29, 1.82) is 0 Å². The Kier molecular flexibility index (Phi) is 10.8. The summed E-state index contributed by atoms with van der Waals surface area (Å²) in [5.41, 5.74) is 23.4. The minimum absolute atomic E-state index is 0.0201. The number of anilines is 8. The van der Waals surface area contributed by atoms with E-state index < -0.39 is 0 Å². The van der Waals surface area contributed by atoms with Gasteiger partial charge in [0.05, 0.1) is 0 Å². The van der Waals surface area contributed by atoms with Gasteiger partial charge in [-0.1, -0.05) is 165 Å². The second kappa shape index (κ2) is 16.7. The molecule has 0 N–H and O–H groups in total. The van der Waals surface area contributed by atoms with Crippen molar-refractivity contribution in [1.82, 2.24) is 0 Å².